The standard InChI is InChI=1S/C14H15NO4/c1-18-12-5-6-13(19-9-3-2-8-15)11(10-12)4-7-14(16)17/h4-7,10H,2-3,9H2,1H3,(H,16,17)/b7-4+. The number of carboxylic acids is 1. The Kier molecular flexibility index (Phi) is 5.96. The number of hydrogen-bond acceptors (Lipinski definition) is 4. The average molecular weight is 261 g/mol. The van der Waals surface area contributed by atoms with Crippen LogP contribution in [-0.2, 0) is 4.79 Å². The normalized spacial score (nSPS) is 10.1. The lowest BCUT2D eigenvalue weighted by Crippen LogP contribution is -1.99. The zero-order valence-electron chi connectivity index (χ0n) is 10.6. The van der Waals surface area contributed by atoms with E-state index in [1.54, 1.807) is 18.2 Å². The Labute approximate surface area is 111 Å². The van der Waals surface area contributed by atoms with Crippen LogP contribution >= 0.6 is 0 Å². The number of ether oxygens (including phenoxy) is 2. The van der Waals surface area contributed by atoms with Gasteiger partial charge in [0.1, 0.15) is 11.5 Å². The van der Waals surface area contributed by atoms with Gasteiger partial charge in [-0.15, -0.1) is 0 Å². The minimum Gasteiger partial charge on any atom is -0.497 e. The number of unbranched alkanes of at least 4 members (excludes halogenated alkanes) is 1. The van der Waals surface area contributed by atoms with Gasteiger partial charge in [0.05, 0.1) is 19.8 Å². The summed E-state index contributed by atoms with van der Waals surface area (Å²) in [5.41, 5.74) is 0.624. The first-order valence-electron chi connectivity index (χ1n) is 5.76. The molecule has 19 heavy (non-hydrogen) atoms. The molecule has 1 aromatic carbocycles. The lowest BCUT2D eigenvalue weighted by molar-refractivity contribution is -0.131. The van der Waals surface area contributed by atoms with Gasteiger partial charge in [-0.05, 0) is 30.7 Å². The first-order valence-corrected chi connectivity index (χ1v) is 5.76. The fraction of sp³-hybridized carbons (Fsp3) is 0.286. The second-order valence-corrected chi connectivity index (χ2v) is 3.69. The van der Waals surface area contributed by atoms with Crippen molar-refractivity contribution in [3.05, 3.63) is 29.8 Å². The van der Waals surface area contributed by atoms with E-state index in [4.69, 9.17) is 19.8 Å². The van der Waals surface area contributed by atoms with E-state index in [0.717, 1.165) is 6.08 Å². The molecule has 0 amide bonds. The van der Waals surface area contributed by atoms with Crippen LogP contribution in [0.2, 0.25) is 0 Å². The molecule has 0 spiro atoms. The maximum absolute atomic E-state index is 10.5. The predicted octanol–water partition coefficient (Wildman–Crippen LogP) is 2.48. The molecule has 0 atom stereocenters. The van der Waals surface area contributed by atoms with Crippen LogP contribution in [0, 0.1) is 11.3 Å². The fourth-order valence-corrected chi connectivity index (χ4v) is 1.41. The van der Waals surface area contributed by atoms with Crippen molar-refractivity contribution in [3.8, 4) is 17.6 Å². The highest BCUT2D eigenvalue weighted by Crippen LogP contribution is 2.25. The Balaban J connectivity index is 2.83. The summed E-state index contributed by atoms with van der Waals surface area (Å²) in [4.78, 5) is 10.5. The number of rotatable bonds is 7. The molecule has 0 heterocycles. The number of methoxy groups -OCH3 is 1. The molecule has 5 heteroatoms. The van der Waals surface area contributed by atoms with Crippen LogP contribution in [-0.4, -0.2) is 24.8 Å². The first kappa shape index (κ1) is 14.6. The topological polar surface area (TPSA) is 79.5 Å². The molecule has 1 aromatic rings. The van der Waals surface area contributed by atoms with Gasteiger partial charge in [-0.2, -0.15) is 5.26 Å². The molecule has 0 fully saturated rings. The van der Waals surface area contributed by atoms with Crippen LogP contribution in [0.4, 0.5) is 0 Å². The summed E-state index contributed by atoms with van der Waals surface area (Å²) in [6, 6.07) is 7.18. The van der Waals surface area contributed by atoms with Gasteiger partial charge >= 0.3 is 5.97 Å². The minimum absolute atomic E-state index is 0.411. The Morgan fingerprint density at radius 2 is 2.32 bits per heavy atom. The van der Waals surface area contributed by atoms with Gasteiger partial charge in [-0.3, -0.25) is 0 Å². The number of nitrogens with zero attached hydrogens (tertiary/aromatic N) is 1. The van der Waals surface area contributed by atoms with Gasteiger partial charge < -0.3 is 14.6 Å². The highest BCUT2D eigenvalue weighted by molar-refractivity contribution is 5.86. The molecule has 0 saturated heterocycles. The van der Waals surface area contributed by atoms with Gasteiger partial charge in [0, 0.05) is 18.1 Å². The van der Waals surface area contributed by atoms with Gasteiger partial charge in [-0.1, -0.05) is 0 Å². The van der Waals surface area contributed by atoms with Crippen molar-refractivity contribution in [3.63, 3.8) is 0 Å². The molecule has 0 bridgehead atoms. The number of nitriles is 1. The van der Waals surface area contributed by atoms with E-state index in [0.29, 0.717) is 36.5 Å². The Morgan fingerprint density at radius 3 is 2.95 bits per heavy atom. The molecule has 100 valence electrons. The van der Waals surface area contributed by atoms with E-state index < -0.39 is 5.97 Å². The number of hydrogen-bond donors (Lipinski definition) is 1. The highest BCUT2D eigenvalue weighted by Gasteiger charge is 2.04. The van der Waals surface area contributed by atoms with Crippen molar-refractivity contribution >= 4 is 12.0 Å². The van der Waals surface area contributed by atoms with Crippen molar-refractivity contribution < 1.29 is 19.4 Å². The number of benzene rings is 1. The second kappa shape index (κ2) is 7.77. The van der Waals surface area contributed by atoms with Gasteiger partial charge in [0.25, 0.3) is 0 Å². The molecule has 5 nitrogen and oxygen atoms in total. The third kappa shape index (κ3) is 5.13. The molecule has 1 rings (SSSR count). The Hall–Kier alpha value is -2.48. The lowest BCUT2D eigenvalue weighted by Gasteiger charge is -2.10. The number of aliphatic carboxylic acids is 1. The first-order chi connectivity index (χ1) is 9.17. The summed E-state index contributed by atoms with van der Waals surface area (Å²) in [6.07, 6.45) is 3.54. The smallest absolute Gasteiger partial charge is 0.328 e. The second-order valence-electron chi connectivity index (χ2n) is 3.69. The fourth-order valence-electron chi connectivity index (χ4n) is 1.41. The molecule has 0 aliphatic heterocycles. The van der Waals surface area contributed by atoms with Gasteiger partial charge in [0.15, 0.2) is 0 Å². The van der Waals surface area contributed by atoms with Crippen LogP contribution < -0.4 is 9.47 Å². The largest absolute Gasteiger partial charge is 0.497 e. The predicted molar refractivity (Wildman–Crippen MR) is 70.0 cm³/mol. The third-order valence-electron chi connectivity index (χ3n) is 2.31. The van der Waals surface area contributed by atoms with E-state index in [-0.39, 0.29) is 0 Å². The summed E-state index contributed by atoms with van der Waals surface area (Å²) < 4.78 is 10.6. The van der Waals surface area contributed by atoms with Crippen LogP contribution in [0.1, 0.15) is 18.4 Å². The minimum atomic E-state index is -1.03. The van der Waals surface area contributed by atoms with Gasteiger partial charge in [-0.25, -0.2) is 4.79 Å². The summed E-state index contributed by atoms with van der Waals surface area (Å²) in [7, 11) is 1.54. The third-order valence-corrected chi connectivity index (χ3v) is 2.31. The molecule has 0 aliphatic carbocycles. The van der Waals surface area contributed by atoms with Crippen molar-refractivity contribution in [1.29, 1.82) is 5.26 Å². The quantitative estimate of drug-likeness (QED) is 0.602. The molecule has 0 saturated carbocycles. The van der Waals surface area contributed by atoms with E-state index in [1.165, 1.54) is 13.2 Å². The maximum atomic E-state index is 10.5. The van der Waals surface area contributed by atoms with E-state index in [2.05, 4.69) is 0 Å². The zero-order valence-corrected chi connectivity index (χ0v) is 10.6. The SMILES string of the molecule is COc1ccc(OCCCC#N)c(/C=C/C(=O)O)c1. The van der Waals surface area contributed by atoms with E-state index in [9.17, 15) is 4.79 Å². The van der Waals surface area contributed by atoms with Crippen LogP contribution in [0.3, 0.4) is 0 Å². The van der Waals surface area contributed by atoms with Crippen LogP contribution in [0.25, 0.3) is 6.08 Å². The molecule has 1 N–H and O–H groups in total. The van der Waals surface area contributed by atoms with E-state index in [1.807, 2.05) is 6.07 Å². The average Bonchev–Trinajstić information content (AvgIpc) is 2.42. The molecule has 0 aliphatic rings. The molecule has 0 aromatic heterocycles. The Bertz CT molecular complexity index is 503. The molecular formula is C14H15NO4. The van der Waals surface area contributed by atoms with Crippen molar-refractivity contribution in [1.82, 2.24) is 0 Å². The van der Waals surface area contributed by atoms with Crippen LogP contribution in [0.15, 0.2) is 24.3 Å². The Morgan fingerprint density at radius 1 is 1.53 bits per heavy atom. The lowest BCUT2D eigenvalue weighted by atomic mass is 10.1. The summed E-state index contributed by atoms with van der Waals surface area (Å²) >= 11 is 0. The summed E-state index contributed by atoms with van der Waals surface area (Å²) in [6.45, 7) is 0.411. The van der Waals surface area contributed by atoms with E-state index >= 15 is 0 Å². The zero-order chi connectivity index (χ0) is 14.1. The monoisotopic (exact) mass is 261 g/mol. The number of carboxylic acid groups (broad SMARTS) is 1. The highest BCUT2D eigenvalue weighted by atomic mass is 16.5. The molecular weight excluding hydrogens is 246 g/mol. The van der Waals surface area contributed by atoms with Gasteiger partial charge in [0.2, 0.25) is 0 Å². The van der Waals surface area contributed by atoms with Crippen LogP contribution in [0.5, 0.6) is 11.5 Å². The van der Waals surface area contributed by atoms with Crippen molar-refractivity contribution in [2.45, 2.75) is 12.8 Å². The maximum Gasteiger partial charge on any atom is 0.328 e. The van der Waals surface area contributed by atoms with Crippen molar-refractivity contribution in [2.75, 3.05) is 13.7 Å². The summed E-state index contributed by atoms with van der Waals surface area (Å²) in [5.74, 6) is 0.156. The summed E-state index contributed by atoms with van der Waals surface area (Å²) in [5, 5.41) is 17.1. The van der Waals surface area contributed by atoms with Crippen molar-refractivity contribution in [2.24, 2.45) is 0 Å². The molecule has 0 radical (unpaired) electrons. The molecule has 0 unspecified atom stereocenters. The number of carbonyl (C=O) groups is 1.